The van der Waals surface area contributed by atoms with Crippen molar-refractivity contribution < 1.29 is 4.79 Å². The van der Waals surface area contributed by atoms with E-state index < -0.39 is 0 Å². The predicted octanol–water partition coefficient (Wildman–Crippen LogP) is 3.09. The average molecular weight is 377 g/mol. The van der Waals surface area contributed by atoms with E-state index in [2.05, 4.69) is 19.9 Å². The predicted molar refractivity (Wildman–Crippen MR) is 107 cm³/mol. The number of rotatable bonds is 2. The largest absolute Gasteiger partial charge is 0.356 e. The van der Waals surface area contributed by atoms with Gasteiger partial charge in [-0.05, 0) is 43.2 Å². The lowest BCUT2D eigenvalue weighted by Crippen LogP contribution is -2.43. The third-order valence-electron chi connectivity index (χ3n) is 6.77. The maximum atomic E-state index is 12.8. The summed E-state index contributed by atoms with van der Waals surface area (Å²) in [4.78, 5) is 30.4. The lowest BCUT2D eigenvalue weighted by Gasteiger charge is -2.42. The smallest absolute Gasteiger partial charge is 0.255 e. The van der Waals surface area contributed by atoms with Crippen LogP contribution in [0.5, 0.6) is 0 Å². The van der Waals surface area contributed by atoms with Crippen LogP contribution in [-0.2, 0) is 13.0 Å². The van der Waals surface area contributed by atoms with Crippen molar-refractivity contribution in [2.75, 3.05) is 24.5 Å². The molecule has 4 heterocycles. The SMILES string of the molecule is O=C(c1cccnc1)N1CCc2c(ncnc2N2CC[C@H]3CCCC[C@H]3C2)C1. The molecule has 1 amide bonds. The van der Waals surface area contributed by atoms with Crippen molar-refractivity contribution in [3.63, 3.8) is 0 Å². The molecule has 1 saturated carbocycles. The van der Waals surface area contributed by atoms with Crippen molar-refractivity contribution in [3.8, 4) is 0 Å². The molecule has 0 radical (unpaired) electrons. The van der Waals surface area contributed by atoms with Gasteiger partial charge in [-0.15, -0.1) is 0 Å². The van der Waals surface area contributed by atoms with Crippen molar-refractivity contribution in [1.82, 2.24) is 19.9 Å². The van der Waals surface area contributed by atoms with E-state index in [0.717, 1.165) is 42.9 Å². The highest BCUT2D eigenvalue weighted by Gasteiger charge is 2.33. The van der Waals surface area contributed by atoms with E-state index in [1.54, 1.807) is 24.8 Å². The number of aromatic nitrogens is 3. The molecule has 28 heavy (non-hydrogen) atoms. The van der Waals surface area contributed by atoms with Crippen molar-refractivity contribution in [2.24, 2.45) is 11.8 Å². The molecule has 3 aliphatic rings. The molecule has 0 N–H and O–H groups in total. The molecular formula is C22H27N5O. The van der Waals surface area contributed by atoms with Gasteiger partial charge in [0.1, 0.15) is 12.1 Å². The van der Waals surface area contributed by atoms with E-state index in [4.69, 9.17) is 0 Å². The van der Waals surface area contributed by atoms with Crippen molar-refractivity contribution in [1.29, 1.82) is 0 Å². The van der Waals surface area contributed by atoms with E-state index >= 15 is 0 Å². The van der Waals surface area contributed by atoms with Gasteiger partial charge >= 0.3 is 0 Å². The van der Waals surface area contributed by atoms with Gasteiger partial charge in [-0.2, -0.15) is 0 Å². The third kappa shape index (κ3) is 3.25. The van der Waals surface area contributed by atoms with Gasteiger partial charge in [-0.3, -0.25) is 9.78 Å². The molecule has 146 valence electrons. The summed E-state index contributed by atoms with van der Waals surface area (Å²) >= 11 is 0. The molecule has 0 bridgehead atoms. The Morgan fingerprint density at radius 2 is 1.96 bits per heavy atom. The minimum Gasteiger partial charge on any atom is -0.356 e. The quantitative estimate of drug-likeness (QED) is 0.805. The van der Waals surface area contributed by atoms with Gasteiger partial charge < -0.3 is 9.80 Å². The van der Waals surface area contributed by atoms with Crippen molar-refractivity contribution in [3.05, 3.63) is 47.7 Å². The zero-order chi connectivity index (χ0) is 18.9. The van der Waals surface area contributed by atoms with Crippen LogP contribution in [0, 0.1) is 11.8 Å². The van der Waals surface area contributed by atoms with Gasteiger partial charge in [0.25, 0.3) is 5.91 Å². The molecule has 2 fully saturated rings. The molecule has 0 spiro atoms. The molecule has 6 heteroatoms. The fourth-order valence-electron chi connectivity index (χ4n) is 5.25. The number of carbonyl (C=O) groups excluding carboxylic acids is 1. The molecule has 2 aromatic heterocycles. The number of hydrogen-bond donors (Lipinski definition) is 0. The molecular weight excluding hydrogens is 350 g/mol. The molecule has 2 aliphatic heterocycles. The molecule has 5 rings (SSSR count). The van der Waals surface area contributed by atoms with Crippen LogP contribution < -0.4 is 4.90 Å². The second kappa shape index (κ2) is 7.49. The van der Waals surface area contributed by atoms with Crippen LogP contribution in [0.4, 0.5) is 5.82 Å². The number of pyridine rings is 1. The Labute approximate surface area is 166 Å². The van der Waals surface area contributed by atoms with E-state index in [-0.39, 0.29) is 5.91 Å². The Morgan fingerprint density at radius 3 is 2.82 bits per heavy atom. The highest BCUT2D eigenvalue weighted by molar-refractivity contribution is 5.94. The lowest BCUT2D eigenvalue weighted by molar-refractivity contribution is 0.0731. The van der Waals surface area contributed by atoms with Crippen molar-refractivity contribution in [2.45, 2.75) is 45.1 Å². The van der Waals surface area contributed by atoms with Crippen LogP contribution in [0.15, 0.2) is 30.9 Å². The minimum absolute atomic E-state index is 0.0296. The van der Waals surface area contributed by atoms with Crippen LogP contribution in [0.3, 0.4) is 0 Å². The number of amides is 1. The van der Waals surface area contributed by atoms with Gasteiger partial charge in [0.2, 0.25) is 0 Å². The Hall–Kier alpha value is -2.50. The van der Waals surface area contributed by atoms with Gasteiger partial charge in [0.15, 0.2) is 0 Å². The first-order chi connectivity index (χ1) is 13.8. The van der Waals surface area contributed by atoms with E-state index in [9.17, 15) is 4.79 Å². The normalized spacial score (nSPS) is 24.4. The average Bonchev–Trinajstić information content (AvgIpc) is 2.78. The number of carbonyl (C=O) groups is 1. The Morgan fingerprint density at radius 1 is 1.07 bits per heavy atom. The van der Waals surface area contributed by atoms with Crippen LogP contribution in [0.1, 0.15) is 53.7 Å². The second-order valence-corrected chi connectivity index (χ2v) is 8.38. The van der Waals surface area contributed by atoms with Crippen LogP contribution in [0.25, 0.3) is 0 Å². The fraction of sp³-hybridized carbons (Fsp3) is 0.545. The third-order valence-corrected chi connectivity index (χ3v) is 6.77. The van der Waals surface area contributed by atoms with E-state index in [1.165, 1.54) is 37.7 Å². The van der Waals surface area contributed by atoms with Gasteiger partial charge in [0, 0.05) is 37.6 Å². The molecule has 1 aliphatic carbocycles. The summed E-state index contributed by atoms with van der Waals surface area (Å²) in [6.45, 7) is 3.49. The van der Waals surface area contributed by atoms with Crippen LogP contribution >= 0.6 is 0 Å². The highest BCUT2D eigenvalue weighted by Crippen LogP contribution is 2.38. The lowest BCUT2D eigenvalue weighted by atomic mass is 9.75. The van der Waals surface area contributed by atoms with E-state index in [0.29, 0.717) is 18.7 Å². The molecule has 2 aromatic rings. The minimum atomic E-state index is 0.0296. The summed E-state index contributed by atoms with van der Waals surface area (Å²) in [6.07, 6.45) is 12.7. The maximum Gasteiger partial charge on any atom is 0.255 e. The number of fused-ring (bicyclic) bond motifs is 2. The first kappa shape index (κ1) is 17.6. The van der Waals surface area contributed by atoms with Gasteiger partial charge in [0.05, 0.1) is 17.8 Å². The standard InChI is InChI=1S/C22H27N5O/c28-22(17-6-3-9-23-12-17)27-11-8-19-20(14-27)24-15-25-21(19)26-10-7-16-4-1-2-5-18(16)13-26/h3,6,9,12,15-16,18H,1-2,4-5,7-8,10-11,13-14H2/t16-,18+/m1/s1. The fourth-order valence-corrected chi connectivity index (χ4v) is 5.25. The Kier molecular flexibility index (Phi) is 4.71. The molecule has 0 aromatic carbocycles. The topological polar surface area (TPSA) is 62.2 Å². The van der Waals surface area contributed by atoms with Crippen LogP contribution in [0.2, 0.25) is 0 Å². The van der Waals surface area contributed by atoms with Gasteiger partial charge in [-0.25, -0.2) is 9.97 Å². The number of anilines is 1. The summed E-state index contributed by atoms with van der Waals surface area (Å²) < 4.78 is 0. The first-order valence-corrected chi connectivity index (χ1v) is 10.6. The summed E-state index contributed by atoms with van der Waals surface area (Å²) in [6, 6.07) is 3.63. The maximum absolute atomic E-state index is 12.8. The van der Waals surface area contributed by atoms with Gasteiger partial charge in [-0.1, -0.05) is 19.3 Å². The van der Waals surface area contributed by atoms with Crippen molar-refractivity contribution >= 4 is 11.7 Å². The zero-order valence-electron chi connectivity index (χ0n) is 16.3. The zero-order valence-corrected chi connectivity index (χ0v) is 16.3. The summed E-state index contributed by atoms with van der Waals surface area (Å²) in [5, 5.41) is 0. The highest BCUT2D eigenvalue weighted by atomic mass is 16.2. The molecule has 0 unspecified atom stereocenters. The second-order valence-electron chi connectivity index (χ2n) is 8.38. The number of nitrogens with zero attached hydrogens (tertiary/aromatic N) is 5. The van der Waals surface area contributed by atoms with E-state index in [1.807, 2.05) is 11.0 Å². The van der Waals surface area contributed by atoms with Crippen LogP contribution in [-0.4, -0.2) is 45.4 Å². The Balaban J connectivity index is 1.35. The molecule has 2 atom stereocenters. The molecule has 6 nitrogen and oxygen atoms in total. The summed E-state index contributed by atoms with van der Waals surface area (Å²) in [5.74, 6) is 2.88. The number of hydrogen-bond acceptors (Lipinski definition) is 5. The molecule has 1 saturated heterocycles. The summed E-state index contributed by atoms with van der Waals surface area (Å²) in [7, 11) is 0. The first-order valence-electron chi connectivity index (χ1n) is 10.6. The monoisotopic (exact) mass is 377 g/mol. The Bertz CT molecular complexity index is 855. The number of piperidine rings is 1. The summed E-state index contributed by atoms with van der Waals surface area (Å²) in [5.41, 5.74) is 2.88.